The Morgan fingerprint density at radius 1 is 1.20 bits per heavy atom. The molecule has 1 aromatic carbocycles. The maximum Gasteiger partial charge on any atom is 0.276 e. The fraction of sp³-hybridized carbons (Fsp3) is 0.350. The number of nitro benzene ring substituents is 1. The molecule has 3 aromatic rings. The van der Waals surface area contributed by atoms with Crippen LogP contribution in [0.5, 0.6) is 11.5 Å². The van der Waals surface area contributed by atoms with Gasteiger partial charge in [-0.25, -0.2) is 9.67 Å². The smallest absolute Gasteiger partial charge is 0.276 e. The Morgan fingerprint density at radius 3 is 2.53 bits per heavy atom. The third-order valence-corrected chi connectivity index (χ3v) is 4.65. The molecule has 1 N–H and O–H groups in total. The van der Waals surface area contributed by atoms with E-state index in [1.165, 1.54) is 26.5 Å². The van der Waals surface area contributed by atoms with Crippen molar-refractivity contribution in [3.05, 3.63) is 51.8 Å². The van der Waals surface area contributed by atoms with Gasteiger partial charge >= 0.3 is 0 Å². The summed E-state index contributed by atoms with van der Waals surface area (Å²) in [5.41, 5.74) is 1.45. The molecule has 0 bridgehead atoms. The first-order chi connectivity index (χ1) is 14.3. The molecule has 0 aliphatic heterocycles. The number of hydrogen-bond donors (Lipinski definition) is 1. The monoisotopic (exact) mass is 413 g/mol. The van der Waals surface area contributed by atoms with Crippen molar-refractivity contribution in [1.82, 2.24) is 20.1 Å². The Hall–Kier alpha value is -3.69. The van der Waals surface area contributed by atoms with Gasteiger partial charge in [-0.1, -0.05) is 0 Å². The highest BCUT2D eigenvalue weighted by Gasteiger charge is 2.19. The number of benzene rings is 1. The van der Waals surface area contributed by atoms with E-state index in [0.29, 0.717) is 22.5 Å². The van der Waals surface area contributed by atoms with E-state index in [1.807, 2.05) is 13.8 Å². The van der Waals surface area contributed by atoms with E-state index in [0.717, 1.165) is 5.39 Å². The SMILES string of the molecule is COc1cc(CCNC(=O)c2cnc3c(cnn3C(C)C)c2)c([N+](=O)[O-])cc1OC. The van der Waals surface area contributed by atoms with Crippen LogP contribution in [0.4, 0.5) is 5.69 Å². The number of pyridine rings is 1. The van der Waals surface area contributed by atoms with Crippen molar-refractivity contribution in [2.75, 3.05) is 20.8 Å². The Balaban J connectivity index is 1.72. The highest BCUT2D eigenvalue weighted by molar-refractivity contribution is 5.96. The van der Waals surface area contributed by atoms with Gasteiger partial charge in [-0.05, 0) is 32.4 Å². The topological polar surface area (TPSA) is 121 Å². The molecule has 2 heterocycles. The van der Waals surface area contributed by atoms with Crippen LogP contribution in [0.3, 0.4) is 0 Å². The summed E-state index contributed by atoms with van der Waals surface area (Å²) < 4.78 is 12.1. The van der Waals surface area contributed by atoms with E-state index < -0.39 is 4.92 Å². The number of carbonyl (C=O) groups is 1. The predicted octanol–water partition coefficient (Wildman–Crippen LogP) is 2.91. The number of fused-ring (bicyclic) bond motifs is 1. The molecule has 0 aliphatic carbocycles. The Kier molecular flexibility index (Phi) is 6.14. The number of nitro groups is 1. The lowest BCUT2D eigenvalue weighted by atomic mass is 10.1. The minimum absolute atomic E-state index is 0.0916. The Labute approximate surface area is 173 Å². The summed E-state index contributed by atoms with van der Waals surface area (Å²) >= 11 is 0. The van der Waals surface area contributed by atoms with Crippen LogP contribution in [0.1, 0.15) is 35.8 Å². The minimum Gasteiger partial charge on any atom is -0.493 e. The number of methoxy groups -OCH3 is 2. The molecular formula is C20H23N5O5. The second kappa shape index (κ2) is 8.76. The number of nitrogens with one attached hydrogen (secondary N) is 1. The Bertz CT molecular complexity index is 1090. The first-order valence-electron chi connectivity index (χ1n) is 9.36. The third-order valence-electron chi connectivity index (χ3n) is 4.65. The van der Waals surface area contributed by atoms with Crippen molar-refractivity contribution in [3.8, 4) is 11.5 Å². The van der Waals surface area contributed by atoms with E-state index in [2.05, 4.69) is 15.4 Å². The molecule has 10 nitrogen and oxygen atoms in total. The first-order valence-corrected chi connectivity index (χ1v) is 9.36. The highest BCUT2D eigenvalue weighted by atomic mass is 16.6. The van der Waals surface area contributed by atoms with E-state index in [9.17, 15) is 14.9 Å². The molecule has 0 unspecified atom stereocenters. The van der Waals surface area contributed by atoms with E-state index >= 15 is 0 Å². The summed E-state index contributed by atoms with van der Waals surface area (Å²) in [5, 5.41) is 19.2. The molecule has 2 aromatic heterocycles. The number of carbonyl (C=O) groups excluding carboxylic acids is 1. The molecule has 0 radical (unpaired) electrons. The lowest BCUT2D eigenvalue weighted by Gasteiger charge is -2.11. The largest absolute Gasteiger partial charge is 0.493 e. The number of aromatic nitrogens is 3. The van der Waals surface area contributed by atoms with Crippen LogP contribution < -0.4 is 14.8 Å². The van der Waals surface area contributed by atoms with Crippen LogP contribution in [-0.2, 0) is 6.42 Å². The standard InChI is InChI=1S/C20H23N5O5/c1-12(2)24-19-14(11-23-24)7-15(10-22-19)20(26)21-6-5-13-8-17(29-3)18(30-4)9-16(13)25(27)28/h7-12H,5-6H2,1-4H3,(H,21,26). The van der Waals surface area contributed by atoms with Crippen LogP contribution in [0.15, 0.2) is 30.6 Å². The molecular weight excluding hydrogens is 390 g/mol. The van der Waals surface area contributed by atoms with E-state index in [-0.39, 0.29) is 36.4 Å². The Morgan fingerprint density at radius 2 is 1.90 bits per heavy atom. The molecule has 30 heavy (non-hydrogen) atoms. The van der Waals surface area contributed by atoms with Gasteiger partial charge in [-0.15, -0.1) is 0 Å². The average Bonchev–Trinajstić information content (AvgIpc) is 3.16. The number of hydrogen-bond acceptors (Lipinski definition) is 7. The maximum atomic E-state index is 12.5. The molecule has 3 rings (SSSR count). The zero-order chi connectivity index (χ0) is 21.8. The van der Waals surface area contributed by atoms with Crippen molar-refractivity contribution < 1.29 is 19.2 Å². The van der Waals surface area contributed by atoms with Crippen LogP contribution in [0, 0.1) is 10.1 Å². The second-order valence-corrected chi connectivity index (χ2v) is 6.92. The van der Waals surface area contributed by atoms with Gasteiger partial charge in [0.15, 0.2) is 17.1 Å². The average molecular weight is 413 g/mol. The summed E-state index contributed by atoms with van der Waals surface area (Å²) in [6.45, 7) is 4.21. The van der Waals surface area contributed by atoms with E-state index in [1.54, 1.807) is 23.0 Å². The van der Waals surface area contributed by atoms with E-state index in [4.69, 9.17) is 9.47 Å². The molecule has 0 saturated heterocycles. The highest BCUT2D eigenvalue weighted by Crippen LogP contribution is 2.34. The van der Waals surface area contributed by atoms with Gasteiger partial charge in [-0.3, -0.25) is 14.9 Å². The molecule has 0 atom stereocenters. The summed E-state index contributed by atoms with van der Waals surface area (Å²) in [4.78, 5) is 27.8. The minimum atomic E-state index is -0.483. The lowest BCUT2D eigenvalue weighted by Crippen LogP contribution is -2.26. The summed E-state index contributed by atoms with van der Waals surface area (Å²) in [6.07, 6.45) is 3.42. The fourth-order valence-electron chi connectivity index (χ4n) is 3.14. The lowest BCUT2D eigenvalue weighted by molar-refractivity contribution is -0.385. The molecule has 158 valence electrons. The van der Waals surface area contributed by atoms with Gasteiger partial charge in [0.2, 0.25) is 0 Å². The normalized spacial score (nSPS) is 11.0. The molecule has 0 saturated carbocycles. The zero-order valence-electron chi connectivity index (χ0n) is 17.2. The number of nitrogens with zero attached hydrogens (tertiary/aromatic N) is 4. The predicted molar refractivity (Wildman–Crippen MR) is 110 cm³/mol. The van der Waals surface area contributed by atoms with Crippen LogP contribution >= 0.6 is 0 Å². The molecule has 0 fully saturated rings. The summed E-state index contributed by atoms with van der Waals surface area (Å²) in [6, 6.07) is 4.76. The van der Waals surface area contributed by atoms with Gasteiger partial charge in [0.1, 0.15) is 0 Å². The van der Waals surface area contributed by atoms with Gasteiger partial charge < -0.3 is 14.8 Å². The van der Waals surface area contributed by atoms with Gasteiger partial charge in [0, 0.05) is 29.7 Å². The molecule has 0 aliphatic rings. The maximum absolute atomic E-state index is 12.5. The van der Waals surface area contributed by atoms with Crippen molar-refractivity contribution >= 4 is 22.6 Å². The zero-order valence-corrected chi connectivity index (χ0v) is 17.2. The van der Waals surface area contributed by atoms with Crippen molar-refractivity contribution in [1.29, 1.82) is 0 Å². The molecule has 10 heteroatoms. The quantitative estimate of drug-likeness (QED) is 0.445. The van der Waals surface area contributed by atoms with Gasteiger partial charge in [0.25, 0.3) is 11.6 Å². The summed E-state index contributed by atoms with van der Waals surface area (Å²) in [7, 11) is 2.87. The van der Waals surface area contributed by atoms with Crippen LogP contribution in [0.2, 0.25) is 0 Å². The number of amides is 1. The molecule has 0 spiro atoms. The van der Waals surface area contributed by atoms with Crippen LogP contribution in [0.25, 0.3) is 11.0 Å². The number of ether oxygens (including phenoxy) is 2. The first kappa shape index (κ1) is 21.0. The van der Waals surface area contributed by atoms with Crippen molar-refractivity contribution in [2.24, 2.45) is 0 Å². The van der Waals surface area contributed by atoms with Gasteiger partial charge in [-0.2, -0.15) is 5.10 Å². The fourth-order valence-corrected chi connectivity index (χ4v) is 3.14. The molecule has 1 amide bonds. The third kappa shape index (κ3) is 4.17. The van der Waals surface area contributed by atoms with Crippen molar-refractivity contribution in [3.63, 3.8) is 0 Å². The van der Waals surface area contributed by atoms with Gasteiger partial charge in [0.05, 0.1) is 37.0 Å². The van der Waals surface area contributed by atoms with Crippen LogP contribution in [-0.4, -0.2) is 46.4 Å². The summed E-state index contributed by atoms with van der Waals surface area (Å²) in [5.74, 6) is 0.351. The number of rotatable bonds is 8. The second-order valence-electron chi connectivity index (χ2n) is 6.92. The van der Waals surface area contributed by atoms with Crippen molar-refractivity contribution in [2.45, 2.75) is 26.3 Å².